The lowest BCUT2D eigenvalue weighted by atomic mass is 10.3. The lowest BCUT2D eigenvalue weighted by Gasteiger charge is -2.16. The van der Waals surface area contributed by atoms with Crippen LogP contribution in [0.15, 0.2) is 11.0 Å². The van der Waals surface area contributed by atoms with Crippen LogP contribution in [0, 0.1) is 0 Å². The number of aromatic nitrogens is 5. The highest BCUT2D eigenvalue weighted by Gasteiger charge is 2.13. The van der Waals surface area contributed by atoms with Crippen LogP contribution in [0.5, 0.6) is 0 Å². The zero-order chi connectivity index (χ0) is 13.8. The van der Waals surface area contributed by atoms with Gasteiger partial charge in [-0.3, -0.25) is 4.79 Å². The molecule has 2 heterocycles. The molecule has 0 bridgehead atoms. The first kappa shape index (κ1) is 13.6. The van der Waals surface area contributed by atoms with E-state index >= 15 is 0 Å². The highest BCUT2D eigenvalue weighted by molar-refractivity contribution is 5.72. The van der Waals surface area contributed by atoms with Gasteiger partial charge in [0.15, 0.2) is 5.65 Å². The van der Waals surface area contributed by atoms with E-state index in [1.54, 1.807) is 14.2 Å². The Kier molecular flexibility index (Phi) is 4.23. The second-order valence-corrected chi connectivity index (χ2v) is 4.29. The van der Waals surface area contributed by atoms with E-state index in [9.17, 15) is 4.79 Å². The van der Waals surface area contributed by atoms with Gasteiger partial charge >= 0.3 is 0 Å². The Hall–Kier alpha value is -1.80. The molecule has 8 heteroatoms. The smallest absolute Gasteiger partial charge is 0.280 e. The maximum Gasteiger partial charge on any atom is 0.280 e. The maximum absolute atomic E-state index is 12.2. The van der Waals surface area contributed by atoms with E-state index in [-0.39, 0.29) is 11.6 Å². The molecule has 0 aliphatic carbocycles. The topological polar surface area (TPSA) is 86.9 Å². The molecule has 1 unspecified atom stereocenters. The van der Waals surface area contributed by atoms with E-state index in [1.807, 2.05) is 6.92 Å². The van der Waals surface area contributed by atoms with Gasteiger partial charge in [0, 0.05) is 14.2 Å². The summed E-state index contributed by atoms with van der Waals surface area (Å²) in [5, 5.41) is 15.7. The van der Waals surface area contributed by atoms with E-state index in [1.165, 1.54) is 15.6 Å². The molecule has 0 aliphatic heterocycles. The lowest BCUT2D eigenvalue weighted by molar-refractivity contribution is 0.156. The Labute approximate surface area is 110 Å². The predicted octanol–water partition coefficient (Wildman–Crippen LogP) is -0.850. The molecular formula is C11H18N6O2. The monoisotopic (exact) mass is 266 g/mol. The van der Waals surface area contributed by atoms with Crippen molar-refractivity contribution in [2.75, 3.05) is 20.3 Å². The number of nitrogens with zero attached hydrogens (tertiary/aromatic N) is 5. The summed E-state index contributed by atoms with van der Waals surface area (Å²) in [6.45, 7) is 3.72. The minimum Gasteiger partial charge on any atom is -0.383 e. The molecule has 1 atom stereocenters. The number of aryl methyl sites for hydroxylation is 1. The molecule has 2 aromatic rings. The predicted molar refractivity (Wildman–Crippen MR) is 69.9 cm³/mol. The molecule has 2 aromatic heterocycles. The molecule has 0 amide bonds. The maximum atomic E-state index is 12.2. The van der Waals surface area contributed by atoms with Gasteiger partial charge in [-0.15, -0.1) is 5.10 Å². The van der Waals surface area contributed by atoms with Crippen LogP contribution in [0.3, 0.4) is 0 Å². The van der Waals surface area contributed by atoms with Gasteiger partial charge in [-0.2, -0.15) is 5.10 Å². The SMILES string of the molecule is CCNC(COC)Cn1nnc2c(cnn2C)c1=O. The molecule has 0 fully saturated rings. The largest absolute Gasteiger partial charge is 0.383 e. The van der Waals surface area contributed by atoms with Gasteiger partial charge in [-0.05, 0) is 6.54 Å². The number of fused-ring (bicyclic) bond motifs is 1. The first-order valence-corrected chi connectivity index (χ1v) is 6.15. The molecule has 8 nitrogen and oxygen atoms in total. The molecule has 0 aliphatic rings. The Morgan fingerprint density at radius 2 is 2.32 bits per heavy atom. The Morgan fingerprint density at radius 1 is 1.53 bits per heavy atom. The average molecular weight is 266 g/mol. The van der Waals surface area contributed by atoms with E-state index in [4.69, 9.17) is 4.74 Å². The van der Waals surface area contributed by atoms with Crippen LogP contribution in [-0.2, 0) is 18.3 Å². The minimum absolute atomic E-state index is 0.0242. The molecule has 0 radical (unpaired) electrons. The highest BCUT2D eigenvalue weighted by atomic mass is 16.5. The lowest BCUT2D eigenvalue weighted by Crippen LogP contribution is -2.40. The standard InChI is InChI=1S/C11H18N6O2/c1-4-12-8(7-19-3)6-17-11(18)9-5-13-16(2)10(9)14-15-17/h5,8,12H,4,6-7H2,1-3H3. The van der Waals surface area contributed by atoms with Gasteiger partial charge in [0.05, 0.1) is 25.4 Å². The Balaban J connectivity index is 2.29. The summed E-state index contributed by atoms with van der Waals surface area (Å²) in [7, 11) is 3.36. The van der Waals surface area contributed by atoms with E-state index < -0.39 is 0 Å². The molecule has 0 aromatic carbocycles. The number of hydrogen-bond acceptors (Lipinski definition) is 6. The van der Waals surface area contributed by atoms with Gasteiger partial charge in [0.2, 0.25) is 0 Å². The van der Waals surface area contributed by atoms with Crippen molar-refractivity contribution in [2.24, 2.45) is 7.05 Å². The number of methoxy groups -OCH3 is 1. The van der Waals surface area contributed by atoms with Crippen molar-refractivity contribution in [3.8, 4) is 0 Å². The second kappa shape index (κ2) is 5.89. The summed E-state index contributed by atoms with van der Waals surface area (Å²) in [6, 6.07) is 0.0242. The molecule has 1 N–H and O–H groups in total. The molecular weight excluding hydrogens is 248 g/mol. The molecule has 0 saturated heterocycles. The van der Waals surface area contributed by atoms with Crippen LogP contribution >= 0.6 is 0 Å². The molecule has 104 valence electrons. The van der Waals surface area contributed by atoms with Crippen molar-refractivity contribution in [1.29, 1.82) is 0 Å². The van der Waals surface area contributed by atoms with Crippen molar-refractivity contribution in [3.63, 3.8) is 0 Å². The van der Waals surface area contributed by atoms with Gasteiger partial charge in [-0.1, -0.05) is 12.1 Å². The van der Waals surface area contributed by atoms with Gasteiger partial charge in [0.1, 0.15) is 5.39 Å². The number of rotatable bonds is 6. The Bertz CT molecular complexity index is 599. The van der Waals surface area contributed by atoms with Crippen LogP contribution in [0.2, 0.25) is 0 Å². The fourth-order valence-electron chi connectivity index (χ4n) is 1.97. The average Bonchev–Trinajstić information content (AvgIpc) is 2.76. The van der Waals surface area contributed by atoms with Gasteiger partial charge in [-0.25, -0.2) is 9.36 Å². The van der Waals surface area contributed by atoms with Crippen molar-refractivity contribution in [1.82, 2.24) is 30.1 Å². The minimum atomic E-state index is -0.183. The summed E-state index contributed by atoms with van der Waals surface area (Å²) in [4.78, 5) is 12.2. The van der Waals surface area contributed by atoms with Crippen molar-refractivity contribution < 1.29 is 4.74 Å². The third kappa shape index (κ3) is 2.79. The summed E-state index contributed by atoms with van der Waals surface area (Å²) >= 11 is 0. The van der Waals surface area contributed by atoms with Gasteiger partial charge < -0.3 is 10.1 Å². The van der Waals surface area contributed by atoms with Crippen molar-refractivity contribution >= 4 is 11.0 Å². The van der Waals surface area contributed by atoms with Crippen LogP contribution < -0.4 is 10.9 Å². The summed E-state index contributed by atoms with van der Waals surface area (Å²) in [5.41, 5.74) is 0.310. The summed E-state index contributed by atoms with van der Waals surface area (Å²) in [5.74, 6) is 0. The zero-order valence-corrected chi connectivity index (χ0v) is 11.3. The van der Waals surface area contributed by atoms with Crippen LogP contribution in [0.25, 0.3) is 11.0 Å². The van der Waals surface area contributed by atoms with E-state index in [0.717, 1.165) is 6.54 Å². The summed E-state index contributed by atoms with van der Waals surface area (Å²) in [6.07, 6.45) is 1.52. The van der Waals surface area contributed by atoms with Gasteiger partial charge in [0.25, 0.3) is 5.56 Å². The second-order valence-electron chi connectivity index (χ2n) is 4.29. The summed E-state index contributed by atoms with van der Waals surface area (Å²) < 4.78 is 7.99. The quantitative estimate of drug-likeness (QED) is 0.733. The number of hydrogen-bond donors (Lipinski definition) is 1. The fraction of sp³-hybridized carbons (Fsp3) is 0.636. The van der Waals surface area contributed by atoms with Crippen molar-refractivity contribution in [3.05, 3.63) is 16.6 Å². The highest BCUT2D eigenvalue weighted by Crippen LogP contribution is 2.02. The Morgan fingerprint density at radius 3 is 3.00 bits per heavy atom. The molecule has 0 spiro atoms. The van der Waals surface area contributed by atoms with E-state index in [0.29, 0.717) is 24.2 Å². The van der Waals surface area contributed by atoms with E-state index in [2.05, 4.69) is 20.7 Å². The third-order valence-electron chi connectivity index (χ3n) is 2.87. The first-order chi connectivity index (χ1) is 9.17. The third-order valence-corrected chi connectivity index (χ3v) is 2.87. The molecule has 2 rings (SSSR count). The number of nitrogens with one attached hydrogen (secondary N) is 1. The van der Waals surface area contributed by atoms with Crippen LogP contribution in [0.1, 0.15) is 6.92 Å². The normalized spacial score (nSPS) is 13.0. The zero-order valence-electron chi connectivity index (χ0n) is 11.3. The van der Waals surface area contributed by atoms with Crippen LogP contribution in [-0.4, -0.2) is 51.1 Å². The van der Waals surface area contributed by atoms with Crippen molar-refractivity contribution in [2.45, 2.75) is 19.5 Å². The molecule has 0 saturated carbocycles. The van der Waals surface area contributed by atoms with Crippen LogP contribution in [0.4, 0.5) is 0 Å². The first-order valence-electron chi connectivity index (χ1n) is 6.15. The number of ether oxygens (including phenoxy) is 1. The number of likely N-dealkylation sites (N-methyl/N-ethyl adjacent to an activating group) is 1. The molecule has 19 heavy (non-hydrogen) atoms. The fourth-order valence-corrected chi connectivity index (χ4v) is 1.97.